The Balaban J connectivity index is 1.76. The Kier molecular flexibility index (Phi) is 3.48. The van der Waals surface area contributed by atoms with E-state index in [2.05, 4.69) is 15.3 Å². The van der Waals surface area contributed by atoms with Crippen molar-refractivity contribution in [3.8, 4) is 0 Å². The molecule has 0 bridgehead atoms. The molecule has 7 nitrogen and oxygen atoms in total. The lowest BCUT2D eigenvalue weighted by atomic mass is 10.1. The molecule has 1 aliphatic rings. The lowest BCUT2D eigenvalue weighted by Crippen LogP contribution is -2.29. The van der Waals surface area contributed by atoms with Gasteiger partial charge in [0.15, 0.2) is 5.82 Å². The molecule has 1 amide bonds. The molecule has 1 fully saturated rings. The van der Waals surface area contributed by atoms with Gasteiger partial charge in [-0.2, -0.15) is 4.98 Å². The Morgan fingerprint density at radius 2 is 2.14 bits per heavy atom. The van der Waals surface area contributed by atoms with E-state index >= 15 is 0 Å². The molecular formula is C14H18N4O3. The summed E-state index contributed by atoms with van der Waals surface area (Å²) in [5.41, 5.74) is 1.31. The summed E-state index contributed by atoms with van der Waals surface area (Å²) in [6.45, 7) is 6.79. The van der Waals surface area contributed by atoms with Crippen LogP contribution >= 0.6 is 0 Å². The molecule has 1 aliphatic heterocycles. The monoisotopic (exact) mass is 290 g/mol. The van der Waals surface area contributed by atoms with Crippen LogP contribution in [0.5, 0.6) is 0 Å². The molecule has 21 heavy (non-hydrogen) atoms. The van der Waals surface area contributed by atoms with Crippen LogP contribution in [0, 0.1) is 13.8 Å². The van der Waals surface area contributed by atoms with Crippen molar-refractivity contribution in [3.63, 3.8) is 0 Å². The van der Waals surface area contributed by atoms with Crippen LogP contribution in [0.25, 0.3) is 0 Å². The molecule has 0 radical (unpaired) electrons. The van der Waals surface area contributed by atoms with Gasteiger partial charge in [0.2, 0.25) is 5.89 Å². The van der Waals surface area contributed by atoms with Crippen molar-refractivity contribution in [2.24, 2.45) is 0 Å². The number of rotatable bonds is 3. The molecular weight excluding hydrogens is 272 g/mol. The topological polar surface area (TPSA) is 85.3 Å². The first-order valence-electron chi connectivity index (χ1n) is 7.14. The maximum Gasteiger partial charge on any atom is 0.259 e. The average Bonchev–Trinajstić information content (AvgIpc) is 3.16. The first kappa shape index (κ1) is 13.8. The van der Waals surface area contributed by atoms with E-state index in [1.54, 1.807) is 13.8 Å². The van der Waals surface area contributed by atoms with E-state index in [-0.39, 0.29) is 11.8 Å². The molecule has 1 saturated heterocycles. The van der Waals surface area contributed by atoms with Gasteiger partial charge in [-0.05, 0) is 26.7 Å². The van der Waals surface area contributed by atoms with Crippen molar-refractivity contribution in [2.45, 2.75) is 39.5 Å². The van der Waals surface area contributed by atoms with Gasteiger partial charge >= 0.3 is 0 Å². The van der Waals surface area contributed by atoms with Gasteiger partial charge in [0.1, 0.15) is 11.3 Å². The minimum absolute atomic E-state index is 0.0238. The molecule has 0 aromatic carbocycles. The molecule has 0 aliphatic carbocycles. The van der Waals surface area contributed by atoms with Gasteiger partial charge in [-0.3, -0.25) is 4.79 Å². The van der Waals surface area contributed by atoms with Gasteiger partial charge in [0.25, 0.3) is 5.91 Å². The fraction of sp³-hybridized carbons (Fsp3) is 0.571. The molecule has 2 aromatic rings. The quantitative estimate of drug-likeness (QED) is 0.857. The Bertz CT molecular complexity index is 661. The van der Waals surface area contributed by atoms with E-state index in [1.807, 2.05) is 11.8 Å². The predicted molar refractivity (Wildman–Crippen MR) is 72.9 cm³/mol. The number of nitrogens with zero attached hydrogens (tertiary/aromatic N) is 4. The zero-order valence-electron chi connectivity index (χ0n) is 12.4. The fourth-order valence-electron chi connectivity index (χ4n) is 2.72. The van der Waals surface area contributed by atoms with Gasteiger partial charge in [-0.15, -0.1) is 0 Å². The van der Waals surface area contributed by atoms with Crippen molar-refractivity contribution in [3.05, 3.63) is 28.7 Å². The number of aryl methyl sites for hydroxylation is 3. The van der Waals surface area contributed by atoms with Crippen LogP contribution in [0.4, 0.5) is 0 Å². The molecule has 0 N–H and O–H groups in total. The van der Waals surface area contributed by atoms with Crippen LogP contribution in [0.15, 0.2) is 9.05 Å². The van der Waals surface area contributed by atoms with Gasteiger partial charge < -0.3 is 13.9 Å². The summed E-state index contributed by atoms with van der Waals surface area (Å²) in [4.78, 5) is 18.7. The Labute approximate surface area is 122 Å². The minimum atomic E-state index is -0.0238. The highest BCUT2D eigenvalue weighted by Crippen LogP contribution is 2.28. The molecule has 1 atom stereocenters. The van der Waals surface area contributed by atoms with E-state index in [0.29, 0.717) is 42.5 Å². The van der Waals surface area contributed by atoms with Gasteiger partial charge in [-0.25, -0.2) is 0 Å². The summed E-state index contributed by atoms with van der Waals surface area (Å²) in [6, 6.07) is 0. The van der Waals surface area contributed by atoms with Crippen molar-refractivity contribution in [1.82, 2.24) is 20.2 Å². The highest BCUT2D eigenvalue weighted by Gasteiger charge is 2.33. The molecule has 7 heteroatoms. The summed E-state index contributed by atoms with van der Waals surface area (Å²) < 4.78 is 10.3. The third-order valence-corrected chi connectivity index (χ3v) is 3.85. The van der Waals surface area contributed by atoms with Crippen LogP contribution in [-0.2, 0) is 6.42 Å². The van der Waals surface area contributed by atoms with Gasteiger partial charge in [-0.1, -0.05) is 17.2 Å². The second-order valence-corrected chi connectivity index (χ2v) is 5.33. The van der Waals surface area contributed by atoms with Crippen LogP contribution in [0.3, 0.4) is 0 Å². The fourth-order valence-corrected chi connectivity index (χ4v) is 2.72. The predicted octanol–water partition coefficient (Wildman–Crippen LogP) is 1.87. The number of carbonyl (C=O) groups is 1. The van der Waals surface area contributed by atoms with E-state index in [4.69, 9.17) is 9.05 Å². The standard InChI is InChI=1S/C14H18N4O3/c1-4-11-12(8(2)20-17-11)14(19)18-6-5-10(7-18)13-15-9(3)16-21-13/h10H,4-7H2,1-3H3/t10-/m0/s1. The van der Waals surface area contributed by atoms with E-state index < -0.39 is 0 Å². The van der Waals surface area contributed by atoms with E-state index in [0.717, 1.165) is 12.1 Å². The lowest BCUT2D eigenvalue weighted by Gasteiger charge is -2.15. The number of carbonyl (C=O) groups excluding carboxylic acids is 1. The molecule has 0 saturated carbocycles. The number of aromatic nitrogens is 3. The van der Waals surface area contributed by atoms with Crippen molar-refractivity contribution < 1.29 is 13.8 Å². The normalized spacial score (nSPS) is 18.4. The maximum atomic E-state index is 12.6. The number of hydrogen-bond donors (Lipinski definition) is 0. The summed E-state index contributed by atoms with van der Waals surface area (Å²) >= 11 is 0. The number of hydrogen-bond acceptors (Lipinski definition) is 6. The maximum absolute atomic E-state index is 12.6. The Morgan fingerprint density at radius 1 is 1.33 bits per heavy atom. The van der Waals surface area contributed by atoms with E-state index in [9.17, 15) is 4.79 Å². The minimum Gasteiger partial charge on any atom is -0.361 e. The van der Waals surface area contributed by atoms with Crippen LogP contribution in [0.2, 0.25) is 0 Å². The SMILES string of the molecule is CCc1noc(C)c1C(=O)N1CC[C@H](c2nc(C)no2)C1. The Morgan fingerprint density at radius 3 is 2.81 bits per heavy atom. The first-order chi connectivity index (χ1) is 10.1. The lowest BCUT2D eigenvalue weighted by molar-refractivity contribution is 0.0787. The summed E-state index contributed by atoms with van der Waals surface area (Å²) in [7, 11) is 0. The van der Waals surface area contributed by atoms with Crippen LogP contribution in [-0.4, -0.2) is 39.2 Å². The average molecular weight is 290 g/mol. The van der Waals surface area contributed by atoms with Crippen molar-refractivity contribution in [2.75, 3.05) is 13.1 Å². The highest BCUT2D eigenvalue weighted by molar-refractivity contribution is 5.96. The third-order valence-electron chi connectivity index (χ3n) is 3.85. The molecule has 3 rings (SSSR count). The number of likely N-dealkylation sites (tertiary alicyclic amines) is 1. The molecule has 0 spiro atoms. The highest BCUT2D eigenvalue weighted by atomic mass is 16.5. The molecule has 3 heterocycles. The summed E-state index contributed by atoms with van der Waals surface area (Å²) in [5.74, 6) is 1.90. The summed E-state index contributed by atoms with van der Waals surface area (Å²) in [6.07, 6.45) is 1.51. The molecule has 0 unspecified atom stereocenters. The van der Waals surface area contributed by atoms with Crippen molar-refractivity contribution >= 4 is 5.91 Å². The first-order valence-corrected chi connectivity index (χ1v) is 7.14. The van der Waals surface area contributed by atoms with Gasteiger partial charge in [0.05, 0.1) is 11.6 Å². The molecule has 2 aromatic heterocycles. The smallest absolute Gasteiger partial charge is 0.259 e. The summed E-state index contributed by atoms with van der Waals surface area (Å²) in [5, 5.41) is 7.75. The number of amides is 1. The van der Waals surface area contributed by atoms with Crippen LogP contribution < -0.4 is 0 Å². The second kappa shape index (κ2) is 5.31. The van der Waals surface area contributed by atoms with Crippen molar-refractivity contribution in [1.29, 1.82) is 0 Å². The zero-order valence-corrected chi connectivity index (χ0v) is 12.4. The zero-order chi connectivity index (χ0) is 15.0. The van der Waals surface area contributed by atoms with Gasteiger partial charge in [0, 0.05) is 13.1 Å². The van der Waals surface area contributed by atoms with Crippen LogP contribution in [0.1, 0.15) is 52.8 Å². The third kappa shape index (κ3) is 2.43. The van der Waals surface area contributed by atoms with E-state index in [1.165, 1.54) is 0 Å². The molecule has 112 valence electrons. The largest absolute Gasteiger partial charge is 0.361 e. The second-order valence-electron chi connectivity index (χ2n) is 5.33. The Hall–Kier alpha value is -2.18.